The number of rotatable bonds is 5. The molecule has 0 radical (unpaired) electrons. The minimum atomic E-state index is -0.158. The molecule has 0 aliphatic carbocycles. The lowest BCUT2D eigenvalue weighted by atomic mass is 10.1. The van der Waals surface area contributed by atoms with Crippen molar-refractivity contribution in [2.24, 2.45) is 5.92 Å². The highest BCUT2D eigenvalue weighted by molar-refractivity contribution is 7.99. The third-order valence-electron chi connectivity index (χ3n) is 3.11. The number of ketones is 1. The van der Waals surface area contributed by atoms with Crippen molar-refractivity contribution >= 4 is 23.5 Å². The fourth-order valence-electron chi connectivity index (χ4n) is 2.14. The second kappa shape index (κ2) is 6.43. The van der Waals surface area contributed by atoms with Crippen LogP contribution in [-0.4, -0.2) is 40.2 Å². The lowest BCUT2D eigenvalue weighted by molar-refractivity contribution is -0.139. The molecule has 1 aliphatic rings. The molecule has 1 aliphatic heterocycles. The van der Waals surface area contributed by atoms with E-state index < -0.39 is 0 Å². The predicted octanol–water partition coefficient (Wildman–Crippen LogP) is 2.34. The smallest absolute Gasteiger partial charge is 0.226 e. The van der Waals surface area contributed by atoms with E-state index in [0.29, 0.717) is 5.25 Å². The van der Waals surface area contributed by atoms with Gasteiger partial charge in [0, 0.05) is 18.2 Å². The van der Waals surface area contributed by atoms with Gasteiger partial charge in [-0.3, -0.25) is 9.59 Å². The first-order chi connectivity index (χ1) is 7.93. The standard InChI is InChI=1S/C13H23NO2S/c1-9(2)17-8-10(3)13(16)14-7-5-6-12(14)11(4)15/h9-10,12H,5-8H2,1-4H3. The van der Waals surface area contributed by atoms with Crippen molar-refractivity contribution in [1.82, 2.24) is 4.90 Å². The van der Waals surface area contributed by atoms with Gasteiger partial charge in [0.2, 0.25) is 5.91 Å². The topological polar surface area (TPSA) is 37.4 Å². The molecule has 1 fully saturated rings. The zero-order valence-corrected chi connectivity index (χ0v) is 12.0. The van der Waals surface area contributed by atoms with Crippen molar-refractivity contribution in [3.63, 3.8) is 0 Å². The second-order valence-electron chi connectivity index (χ2n) is 5.08. The van der Waals surface area contributed by atoms with Crippen LogP contribution < -0.4 is 0 Å². The maximum atomic E-state index is 12.2. The monoisotopic (exact) mass is 257 g/mol. The summed E-state index contributed by atoms with van der Waals surface area (Å²) in [6.45, 7) is 8.57. The molecule has 0 saturated carbocycles. The first-order valence-electron chi connectivity index (χ1n) is 6.36. The van der Waals surface area contributed by atoms with Gasteiger partial charge in [-0.05, 0) is 25.0 Å². The molecule has 1 heterocycles. The Bertz CT molecular complexity index is 291. The van der Waals surface area contributed by atoms with Gasteiger partial charge in [0.25, 0.3) is 0 Å². The summed E-state index contributed by atoms with van der Waals surface area (Å²) in [5.41, 5.74) is 0. The Labute approximate surface area is 108 Å². The van der Waals surface area contributed by atoms with Crippen molar-refractivity contribution < 1.29 is 9.59 Å². The number of carbonyl (C=O) groups is 2. The van der Waals surface area contributed by atoms with E-state index in [2.05, 4.69) is 13.8 Å². The molecule has 0 aromatic heterocycles. The Morgan fingerprint density at radius 1 is 1.35 bits per heavy atom. The summed E-state index contributed by atoms with van der Waals surface area (Å²) in [5.74, 6) is 1.13. The second-order valence-corrected chi connectivity index (χ2v) is 6.69. The fraction of sp³-hybridized carbons (Fsp3) is 0.846. The zero-order valence-electron chi connectivity index (χ0n) is 11.2. The summed E-state index contributed by atoms with van der Waals surface area (Å²) in [6.07, 6.45) is 1.80. The van der Waals surface area contributed by atoms with Crippen LogP contribution in [0, 0.1) is 5.92 Å². The zero-order chi connectivity index (χ0) is 13.0. The van der Waals surface area contributed by atoms with Crippen LogP contribution in [-0.2, 0) is 9.59 Å². The molecular weight excluding hydrogens is 234 g/mol. The van der Waals surface area contributed by atoms with Crippen LogP contribution >= 0.6 is 11.8 Å². The highest BCUT2D eigenvalue weighted by Gasteiger charge is 2.33. The molecule has 0 bridgehead atoms. The molecule has 1 amide bonds. The van der Waals surface area contributed by atoms with Gasteiger partial charge in [-0.15, -0.1) is 0 Å². The largest absolute Gasteiger partial charge is 0.332 e. The molecule has 2 unspecified atom stereocenters. The van der Waals surface area contributed by atoms with E-state index in [0.717, 1.165) is 25.1 Å². The maximum absolute atomic E-state index is 12.2. The number of amides is 1. The van der Waals surface area contributed by atoms with E-state index in [4.69, 9.17) is 0 Å². The normalized spacial score (nSPS) is 21.9. The summed E-state index contributed by atoms with van der Waals surface area (Å²) in [4.78, 5) is 25.5. The molecule has 0 spiro atoms. The number of hydrogen-bond acceptors (Lipinski definition) is 3. The molecule has 3 nitrogen and oxygen atoms in total. The quantitative estimate of drug-likeness (QED) is 0.758. The highest BCUT2D eigenvalue weighted by atomic mass is 32.2. The minimum absolute atomic E-state index is 0.0161. The number of likely N-dealkylation sites (tertiary alicyclic amines) is 1. The molecule has 0 aromatic carbocycles. The van der Waals surface area contributed by atoms with Crippen LogP contribution in [0.25, 0.3) is 0 Å². The van der Waals surface area contributed by atoms with Gasteiger partial charge in [0.05, 0.1) is 6.04 Å². The van der Waals surface area contributed by atoms with Gasteiger partial charge in [0.15, 0.2) is 5.78 Å². The van der Waals surface area contributed by atoms with Gasteiger partial charge in [-0.1, -0.05) is 20.8 Å². The number of carbonyl (C=O) groups excluding carboxylic acids is 2. The van der Waals surface area contributed by atoms with Gasteiger partial charge in [-0.25, -0.2) is 0 Å². The Hall–Kier alpha value is -0.510. The fourth-order valence-corrected chi connectivity index (χ4v) is 2.96. The number of hydrogen-bond donors (Lipinski definition) is 0. The van der Waals surface area contributed by atoms with E-state index in [1.165, 1.54) is 0 Å². The number of thioether (sulfide) groups is 1. The van der Waals surface area contributed by atoms with E-state index >= 15 is 0 Å². The highest BCUT2D eigenvalue weighted by Crippen LogP contribution is 2.23. The predicted molar refractivity (Wildman–Crippen MR) is 72.2 cm³/mol. The van der Waals surface area contributed by atoms with Crippen LogP contribution in [0.15, 0.2) is 0 Å². The van der Waals surface area contributed by atoms with Gasteiger partial charge in [0.1, 0.15) is 0 Å². The van der Waals surface area contributed by atoms with Crippen molar-refractivity contribution in [3.05, 3.63) is 0 Å². The average molecular weight is 257 g/mol. The van der Waals surface area contributed by atoms with Crippen molar-refractivity contribution in [2.75, 3.05) is 12.3 Å². The molecular formula is C13H23NO2S. The first-order valence-corrected chi connectivity index (χ1v) is 7.41. The molecule has 0 aromatic rings. The van der Waals surface area contributed by atoms with E-state index in [9.17, 15) is 9.59 Å². The van der Waals surface area contributed by atoms with Gasteiger partial charge in [-0.2, -0.15) is 11.8 Å². The SMILES string of the molecule is CC(=O)C1CCCN1C(=O)C(C)CSC(C)C. The lowest BCUT2D eigenvalue weighted by Gasteiger charge is -2.26. The van der Waals surface area contributed by atoms with Crippen LogP contribution in [0.1, 0.15) is 40.5 Å². The summed E-state index contributed by atoms with van der Waals surface area (Å²) < 4.78 is 0. The lowest BCUT2D eigenvalue weighted by Crippen LogP contribution is -2.42. The average Bonchev–Trinajstić information content (AvgIpc) is 2.73. The molecule has 1 saturated heterocycles. The molecule has 0 N–H and O–H groups in total. The maximum Gasteiger partial charge on any atom is 0.226 e. The molecule has 1 rings (SSSR count). The minimum Gasteiger partial charge on any atom is -0.332 e. The molecule has 2 atom stereocenters. The van der Waals surface area contributed by atoms with Crippen LogP contribution in [0.3, 0.4) is 0 Å². The Morgan fingerprint density at radius 2 is 2.00 bits per heavy atom. The summed E-state index contributed by atoms with van der Waals surface area (Å²) >= 11 is 1.80. The molecule has 98 valence electrons. The van der Waals surface area contributed by atoms with E-state index in [1.54, 1.807) is 23.6 Å². The number of nitrogens with zero attached hydrogens (tertiary/aromatic N) is 1. The molecule has 17 heavy (non-hydrogen) atoms. The molecule has 4 heteroatoms. The number of Topliss-reactive ketones (excluding diaryl/α,β-unsaturated/α-hetero) is 1. The van der Waals surface area contributed by atoms with Gasteiger partial charge < -0.3 is 4.90 Å². The first kappa shape index (κ1) is 14.6. The third kappa shape index (κ3) is 4.02. The van der Waals surface area contributed by atoms with Crippen molar-refractivity contribution in [1.29, 1.82) is 0 Å². The summed E-state index contributed by atoms with van der Waals surface area (Å²) in [7, 11) is 0. The third-order valence-corrected chi connectivity index (χ3v) is 4.47. The van der Waals surface area contributed by atoms with E-state index in [1.807, 2.05) is 6.92 Å². The Kier molecular flexibility index (Phi) is 5.50. The Morgan fingerprint density at radius 3 is 2.53 bits per heavy atom. The summed E-state index contributed by atoms with van der Waals surface area (Å²) in [5, 5.41) is 0.549. The van der Waals surface area contributed by atoms with Crippen LogP contribution in [0.2, 0.25) is 0 Å². The summed E-state index contributed by atoms with van der Waals surface area (Å²) in [6, 6.07) is -0.158. The van der Waals surface area contributed by atoms with Crippen LogP contribution in [0.4, 0.5) is 0 Å². The van der Waals surface area contributed by atoms with E-state index in [-0.39, 0.29) is 23.7 Å². The van der Waals surface area contributed by atoms with Crippen molar-refractivity contribution in [2.45, 2.75) is 51.8 Å². The Balaban J connectivity index is 2.53. The van der Waals surface area contributed by atoms with Gasteiger partial charge >= 0.3 is 0 Å². The van der Waals surface area contributed by atoms with Crippen molar-refractivity contribution in [3.8, 4) is 0 Å². The van der Waals surface area contributed by atoms with Crippen LogP contribution in [0.5, 0.6) is 0 Å².